The van der Waals surface area contributed by atoms with Gasteiger partial charge < -0.3 is 15.5 Å². The van der Waals surface area contributed by atoms with Gasteiger partial charge in [-0.15, -0.1) is 0 Å². The Morgan fingerprint density at radius 1 is 1.27 bits per heavy atom. The summed E-state index contributed by atoms with van der Waals surface area (Å²) in [4.78, 5) is 20.2. The van der Waals surface area contributed by atoms with E-state index in [0.29, 0.717) is 0 Å². The molecule has 0 aromatic rings. The van der Waals surface area contributed by atoms with Crippen LogP contribution in [0.5, 0.6) is 0 Å². The van der Waals surface area contributed by atoms with Gasteiger partial charge in [-0.3, -0.25) is 0 Å². The zero-order chi connectivity index (χ0) is 8.36. The van der Waals surface area contributed by atoms with Crippen molar-refractivity contribution >= 4 is 12.1 Å². The summed E-state index contributed by atoms with van der Waals surface area (Å²) >= 11 is 0. The monoisotopic (exact) mass is 334 g/mol. The van der Waals surface area contributed by atoms with Gasteiger partial charge in [-0.05, 0) is 13.8 Å². The van der Waals surface area contributed by atoms with Crippen molar-refractivity contribution in [1.29, 1.82) is 0 Å². The van der Waals surface area contributed by atoms with Crippen molar-refractivity contribution in [3.8, 4) is 0 Å². The van der Waals surface area contributed by atoms with Gasteiger partial charge in [0.15, 0.2) is 0 Å². The van der Waals surface area contributed by atoms with E-state index in [9.17, 15) is 9.59 Å². The Hall–Kier alpha value is -0.598. The number of aliphatic carboxylic acids is 1. The Kier molecular flexibility index (Phi) is 5.11. The predicted molar refractivity (Wildman–Crippen MR) is 32.9 cm³/mol. The van der Waals surface area contributed by atoms with E-state index < -0.39 is 17.6 Å². The molecule has 3 N–H and O–H groups in total. The van der Waals surface area contributed by atoms with Gasteiger partial charge in [-0.1, -0.05) is 0 Å². The Labute approximate surface area is 77.4 Å². The molecule has 5 nitrogen and oxygen atoms in total. The molecule has 0 heterocycles. The molecular weight excluding hydrogens is 324 g/mol. The van der Waals surface area contributed by atoms with Gasteiger partial charge in [0.25, 0.3) is 0 Å². The van der Waals surface area contributed by atoms with E-state index in [1.165, 1.54) is 13.8 Å². The van der Waals surface area contributed by atoms with E-state index in [0.717, 1.165) is 0 Å². The van der Waals surface area contributed by atoms with Crippen LogP contribution >= 0.6 is 0 Å². The van der Waals surface area contributed by atoms with Crippen LogP contribution in [0.4, 0.5) is 4.79 Å². The molecule has 0 fully saturated rings. The molecule has 11 heavy (non-hydrogen) atoms. The van der Waals surface area contributed by atoms with Gasteiger partial charge in [-0.2, -0.15) is 0 Å². The minimum atomic E-state index is -1.41. The number of rotatable bonds is 2. The Balaban J connectivity index is 0. The van der Waals surface area contributed by atoms with Crippen molar-refractivity contribution in [3.05, 3.63) is 0 Å². The number of nitrogens with one attached hydrogen (secondary N) is 1. The number of carboxylic acids is 1. The first-order valence-electron chi connectivity index (χ1n) is 2.61. The van der Waals surface area contributed by atoms with Gasteiger partial charge in [-0.25, -0.2) is 9.59 Å². The van der Waals surface area contributed by atoms with Gasteiger partial charge in [0.2, 0.25) is 0 Å². The number of amides is 1. The maximum atomic E-state index is 10.2. The second-order valence-corrected chi connectivity index (χ2v) is 2.36. The number of hydrogen-bond donors (Lipinski definition) is 3. The molecule has 0 aliphatic carbocycles. The van der Waals surface area contributed by atoms with Crippen molar-refractivity contribution < 1.29 is 40.2 Å². The second-order valence-electron chi connectivity index (χ2n) is 2.36. The molecule has 0 aromatic carbocycles. The molecule has 0 spiro atoms. The van der Waals surface area contributed by atoms with E-state index in [1.807, 2.05) is 5.32 Å². The molecule has 6 heteroatoms. The van der Waals surface area contributed by atoms with Crippen molar-refractivity contribution in [2.75, 3.05) is 0 Å². The molecule has 0 saturated heterocycles. The topological polar surface area (TPSA) is 86.6 Å². The minimum Gasteiger partial charge on any atom is -0.480 e. The zero-order valence-electron chi connectivity index (χ0n) is 6.09. The number of carbonyl (C=O) groups is 2. The molecular formula is C5H9NO4Re. The molecule has 1 radical (unpaired) electrons. The number of carboxylic acid groups (broad SMARTS) is 2. The molecule has 65 valence electrons. The van der Waals surface area contributed by atoms with Crippen LogP contribution in [0.15, 0.2) is 0 Å². The summed E-state index contributed by atoms with van der Waals surface area (Å²) < 4.78 is 0. The summed E-state index contributed by atoms with van der Waals surface area (Å²) in [5.41, 5.74) is -1.41. The fraction of sp³-hybridized carbons (Fsp3) is 0.600. The SMILES string of the molecule is CC(C)(NC(=O)O)C(=O)O.[Re]. The van der Waals surface area contributed by atoms with E-state index in [-0.39, 0.29) is 20.4 Å². The second kappa shape index (κ2) is 4.32. The van der Waals surface area contributed by atoms with Crippen LogP contribution in [0.25, 0.3) is 0 Å². The molecule has 1 amide bonds. The third kappa shape index (κ3) is 4.76. The van der Waals surface area contributed by atoms with E-state index >= 15 is 0 Å². The van der Waals surface area contributed by atoms with Crippen molar-refractivity contribution in [1.82, 2.24) is 5.32 Å². The molecule has 0 aliphatic rings. The van der Waals surface area contributed by atoms with Crippen molar-refractivity contribution in [3.63, 3.8) is 0 Å². The molecule has 0 rings (SSSR count). The maximum Gasteiger partial charge on any atom is 0.405 e. The van der Waals surface area contributed by atoms with Crippen LogP contribution in [0.1, 0.15) is 13.8 Å². The van der Waals surface area contributed by atoms with E-state index in [4.69, 9.17) is 10.2 Å². The Bertz CT molecular complexity index is 168. The number of hydrogen-bond acceptors (Lipinski definition) is 2. The van der Waals surface area contributed by atoms with Gasteiger partial charge in [0, 0.05) is 20.4 Å². The molecule has 0 bridgehead atoms. The summed E-state index contributed by atoms with van der Waals surface area (Å²) in [6, 6.07) is 0. The minimum absolute atomic E-state index is 0. The zero-order valence-corrected chi connectivity index (χ0v) is 8.80. The van der Waals surface area contributed by atoms with Crippen LogP contribution in [0.3, 0.4) is 0 Å². The molecule has 0 saturated carbocycles. The summed E-state index contributed by atoms with van der Waals surface area (Å²) in [5.74, 6) is -1.20. The summed E-state index contributed by atoms with van der Waals surface area (Å²) in [5, 5.41) is 18.3. The molecule has 0 aliphatic heterocycles. The van der Waals surface area contributed by atoms with Crippen molar-refractivity contribution in [2.45, 2.75) is 19.4 Å². The first-order chi connectivity index (χ1) is 4.36. The smallest absolute Gasteiger partial charge is 0.405 e. The van der Waals surface area contributed by atoms with E-state index in [1.54, 1.807) is 0 Å². The Morgan fingerprint density at radius 3 is 1.73 bits per heavy atom. The van der Waals surface area contributed by atoms with Gasteiger partial charge >= 0.3 is 12.1 Å². The van der Waals surface area contributed by atoms with Crippen LogP contribution in [0.2, 0.25) is 0 Å². The van der Waals surface area contributed by atoms with Crippen LogP contribution < -0.4 is 5.32 Å². The van der Waals surface area contributed by atoms with Gasteiger partial charge in [0.1, 0.15) is 5.54 Å². The summed E-state index contributed by atoms with van der Waals surface area (Å²) in [6.07, 6.45) is -1.34. The van der Waals surface area contributed by atoms with Crippen molar-refractivity contribution in [2.24, 2.45) is 0 Å². The predicted octanol–water partition coefficient (Wildman–Crippen LogP) is 0.115. The summed E-state index contributed by atoms with van der Waals surface area (Å²) in [6.45, 7) is 2.53. The first kappa shape index (κ1) is 13.0. The normalized spacial score (nSPS) is 9.64. The third-order valence-corrected chi connectivity index (χ3v) is 0.954. The quantitative estimate of drug-likeness (QED) is 0.670. The third-order valence-electron chi connectivity index (χ3n) is 0.954. The average Bonchev–Trinajstić information content (AvgIpc) is 1.60. The first-order valence-corrected chi connectivity index (χ1v) is 2.61. The largest absolute Gasteiger partial charge is 0.480 e. The Morgan fingerprint density at radius 2 is 1.64 bits per heavy atom. The van der Waals surface area contributed by atoms with Crippen LogP contribution in [-0.4, -0.2) is 27.8 Å². The van der Waals surface area contributed by atoms with Crippen LogP contribution in [0, 0.1) is 0 Å². The fourth-order valence-corrected chi connectivity index (χ4v) is 0.321. The summed E-state index contributed by atoms with van der Waals surface area (Å²) in [7, 11) is 0. The van der Waals surface area contributed by atoms with Crippen LogP contribution in [-0.2, 0) is 25.2 Å². The molecule has 0 atom stereocenters. The molecule has 0 unspecified atom stereocenters. The maximum absolute atomic E-state index is 10.2. The van der Waals surface area contributed by atoms with Gasteiger partial charge in [0.05, 0.1) is 0 Å². The van der Waals surface area contributed by atoms with E-state index in [2.05, 4.69) is 0 Å². The molecule has 0 aromatic heterocycles. The fourth-order valence-electron chi connectivity index (χ4n) is 0.321. The standard InChI is InChI=1S/C5H9NO4.Re/c1-5(2,3(7)8)6-4(9)10;/h6H,1-2H3,(H,7,8)(H,9,10);. The average molecular weight is 333 g/mol.